The van der Waals surface area contributed by atoms with E-state index in [0.29, 0.717) is 23.1 Å². The summed E-state index contributed by atoms with van der Waals surface area (Å²) in [5.41, 5.74) is 6.37. The molecule has 1 aromatic carbocycles. The molecule has 0 radical (unpaired) electrons. The fraction of sp³-hybridized carbons (Fsp3) is 0.176. The predicted octanol–water partition coefficient (Wildman–Crippen LogP) is 2.69. The summed E-state index contributed by atoms with van der Waals surface area (Å²) in [4.78, 5) is 12.1. The molecule has 0 saturated carbocycles. The third-order valence-corrected chi connectivity index (χ3v) is 4.22. The molecule has 2 aromatic rings. The van der Waals surface area contributed by atoms with Gasteiger partial charge in [0.1, 0.15) is 17.5 Å². The molecule has 2 rings (SSSR count). The van der Waals surface area contributed by atoms with Crippen molar-refractivity contribution in [1.82, 2.24) is 14.8 Å². The van der Waals surface area contributed by atoms with Crippen LogP contribution in [0.15, 0.2) is 53.3 Å². The number of hydrogen-bond donors (Lipinski definition) is 1. The van der Waals surface area contributed by atoms with Crippen LogP contribution in [-0.4, -0.2) is 26.3 Å². The number of allylic oxidation sites excluding steroid dienone is 3. The van der Waals surface area contributed by atoms with E-state index in [-0.39, 0.29) is 28.6 Å². The van der Waals surface area contributed by atoms with Crippen molar-refractivity contribution in [3.63, 3.8) is 0 Å². The average molecular weight is 357 g/mol. The van der Waals surface area contributed by atoms with Crippen LogP contribution in [0.5, 0.6) is 0 Å². The minimum atomic E-state index is -0.371. The van der Waals surface area contributed by atoms with Crippen molar-refractivity contribution in [1.29, 1.82) is 5.26 Å². The molecular formula is C17H16FN5OS. The largest absolute Gasteiger partial charge is 0.401 e. The number of halogens is 1. The first-order valence-electron chi connectivity index (χ1n) is 7.30. The minimum Gasteiger partial charge on any atom is -0.401 e. The predicted molar refractivity (Wildman–Crippen MR) is 93.8 cm³/mol. The second-order valence-electron chi connectivity index (χ2n) is 5.09. The topological polar surface area (TPSA) is 97.6 Å². The zero-order valence-corrected chi connectivity index (χ0v) is 14.4. The van der Waals surface area contributed by atoms with E-state index in [1.165, 1.54) is 19.1 Å². The molecule has 0 amide bonds. The number of nitrogens with zero attached hydrogens (tertiary/aromatic N) is 4. The summed E-state index contributed by atoms with van der Waals surface area (Å²) in [5, 5.41) is 17.7. The standard InChI is InChI=1S/C17H16FN5OS/c1-3-8-23-16(12-4-6-13(18)7-5-12)21-22-17(23)25-10-15(24)14(9-19)11(2)20/h3-7H,1,8,10,20H2,2H3/b14-11+. The number of nitriles is 1. The lowest BCUT2D eigenvalue weighted by Crippen LogP contribution is -2.11. The Kier molecular flexibility index (Phi) is 6.08. The van der Waals surface area contributed by atoms with Gasteiger partial charge in [-0.05, 0) is 31.2 Å². The summed E-state index contributed by atoms with van der Waals surface area (Å²) in [6, 6.07) is 7.70. The van der Waals surface area contributed by atoms with E-state index >= 15 is 0 Å². The van der Waals surface area contributed by atoms with Crippen molar-refractivity contribution in [2.75, 3.05) is 5.75 Å². The van der Waals surface area contributed by atoms with Gasteiger partial charge < -0.3 is 5.73 Å². The lowest BCUT2D eigenvalue weighted by molar-refractivity contribution is -0.112. The van der Waals surface area contributed by atoms with Crippen LogP contribution in [0.25, 0.3) is 11.4 Å². The van der Waals surface area contributed by atoms with Crippen molar-refractivity contribution in [2.45, 2.75) is 18.6 Å². The molecule has 0 atom stereocenters. The molecule has 0 aliphatic heterocycles. The molecule has 6 nitrogen and oxygen atoms in total. The number of nitrogens with two attached hydrogens (primary N) is 1. The van der Waals surface area contributed by atoms with Gasteiger partial charge in [0.25, 0.3) is 0 Å². The second-order valence-corrected chi connectivity index (χ2v) is 6.04. The quantitative estimate of drug-likeness (QED) is 0.354. The fourth-order valence-corrected chi connectivity index (χ4v) is 2.89. The third-order valence-electron chi connectivity index (χ3n) is 3.25. The number of aromatic nitrogens is 3. The van der Waals surface area contributed by atoms with Crippen molar-refractivity contribution in [3.05, 3.63) is 54.0 Å². The van der Waals surface area contributed by atoms with Crippen molar-refractivity contribution in [3.8, 4) is 17.5 Å². The van der Waals surface area contributed by atoms with Crippen LogP contribution >= 0.6 is 11.8 Å². The number of Topliss-reactive ketones (excluding diaryl/α,β-unsaturated/α-hetero) is 1. The Labute approximate surface area is 148 Å². The highest BCUT2D eigenvalue weighted by molar-refractivity contribution is 7.99. The number of rotatable bonds is 7. The number of thioether (sulfide) groups is 1. The van der Waals surface area contributed by atoms with Crippen LogP contribution in [0, 0.1) is 17.1 Å². The number of carbonyl (C=O) groups excluding carboxylic acids is 1. The Morgan fingerprint density at radius 3 is 2.68 bits per heavy atom. The Bertz CT molecular complexity index is 860. The van der Waals surface area contributed by atoms with E-state index in [4.69, 9.17) is 11.0 Å². The zero-order valence-electron chi connectivity index (χ0n) is 13.6. The smallest absolute Gasteiger partial charge is 0.192 e. The molecule has 0 aliphatic carbocycles. The van der Waals surface area contributed by atoms with Gasteiger partial charge in [0.05, 0.1) is 5.75 Å². The monoisotopic (exact) mass is 357 g/mol. The van der Waals surface area contributed by atoms with E-state index in [2.05, 4.69) is 16.8 Å². The molecule has 0 unspecified atom stereocenters. The fourth-order valence-electron chi connectivity index (χ4n) is 2.07. The Hall–Kier alpha value is -2.92. The molecule has 0 bridgehead atoms. The van der Waals surface area contributed by atoms with Gasteiger partial charge in [0.15, 0.2) is 16.8 Å². The molecule has 0 saturated heterocycles. The maximum atomic E-state index is 13.1. The average Bonchev–Trinajstić information content (AvgIpc) is 2.97. The van der Waals surface area contributed by atoms with Gasteiger partial charge in [-0.25, -0.2) is 4.39 Å². The van der Waals surface area contributed by atoms with Crippen molar-refractivity contribution >= 4 is 17.5 Å². The zero-order chi connectivity index (χ0) is 18.4. The van der Waals surface area contributed by atoms with Crippen LogP contribution in [-0.2, 0) is 11.3 Å². The summed E-state index contributed by atoms with van der Waals surface area (Å²) >= 11 is 1.15. The molecule has 0 spiro atoms. The Morgan fingerprint density at radius 1 is 1.44 bits per heavy atom. The van der Waals surface area contributed by atoms with Gasteiger partial charge in [0.2, 0.25) is 0 Å². The first-order chi connectivity index (χ1) is 12.0. The van der Waals surface area contributed by atoms with Gasteiger partial charge in [0, 0.05) is 17.8 Å². The van der Waals surface area contributed by atoms with Crippen LogP contribution in [0.3, 0.4) is 0 Å². The number of hydrogen-bond acceptors (Lipinski definition) is 6. The van der Waals surface area contributed by atoms with Crippen LogP contribution in [0.1, 0.15) is 6.92 Å². The molecule has 2 N–H and O–H groups in total. The molecule has 1 aromatic heterocycles. The minimum absolute atomic E-state index is 0.0100. The maximum absolute atomic E-state index is 13.1. The summed E-state index contributed by atoms with van der Waals surface area (Å²) in [5.74, 6) is -0.160. The van der Waals surface area contributed by atoms with Crippen molar-refractivity contribution < 1.29 is 9.18 Å². The number of ketones is 1. The highest BCUT2D eigenvalue weighted by atomic mass is 32.2. The number of benzene rings is 1. The second kappa shape index (κ2) is 8.26. The molecule has 128 valence electrons. The summed E-state index contributed by atoms with van der Waals surface area (Å²) in [6.45, 7) is 5.64. The van der Waals surface area contributed by atoms with E-state index in [1.807, 2.05) is 6.07 Å². The molecular weight excluding hydrogens is 341 g/mol. The molecule has 0 aliphatic rings. The molecule has 8 heteroatoms. The molecule has 0 fully saturated rings. The molecule has 25 heavy (non-hydrogen) atoms. The maximum Gasteiger partial charge on any atom is 0.192 e. The third kappa shape index (κ3) is 4.33. The van der Waals surface area contributed by atoms with Crippen LogP contribution in [0.4, 0.5) is 4.39 Å². The van der Waals surface area contributed by atoms with E-state index < -0.39 is 0 Å². The van der Waals surface area contributed by atoms with Gasteiger partial charge in [-0.15, -0.1) is 16.8 Å². The normalized spacial score (nSPS) is 11.6. The van der Waals surface area contributed by atoms with Crippen LogP contribution < -0.4 is 5.73 Å². The highest BCUT2D eigenvalue weighted by Gasteiger charge is 2.17. The first kappa shape index (κ1) is 18.4. The Balaban J connectivity index is 2.26. The van der Waals surface area contributed by atoms with Gasteiger partial charge in [-0.1, -0.05) is 17.8 Å². The lowest BCUT2D eigenvalue weighted by Gasteiger charge is -2.07. The van der Waals surface area contributed by atoms with E-state index in [9.17, 15) is 9.18 Å². The summed E-state index contributed by atoms with van der Waals surface area (Å²) in [6.07, 6.45) is 1.67. The summed E-state index contributed by atoms with van der Waals surface area (Å²) in [7, 11) is 0. The van der Waals surface area contributed by atoms with E-state index in [0.717, 1.165) is 11.8 Å². The highest BCUT2D eigenvalue weighted by Crippen LogP contribution is 2.25. The summed E-state index contributed by atoms with van der Waals surface area (Å²) < 4.78 is 14.9. The lowest BCUT2D eigenvalue weighted by atomic mass is 10.2. The van der Waals surface area contributed by atoms with Crippen molar-refractivity contribution in [2.24, 2.45) is 5.73 Å². The van der Waals surface area contributed by atoms with E-state index in [1.54, 1.807) is 22.8 Å². The Morgan fingerprint density at radius 2 is 2.12 bits per heavy atom. The van der Waals surface area contributed by atoms with Gasteiger partial charge in [-0.2, -0.15) is 5.26 Å². The van der Waals surface area contributed by atoms with Crippen LogP contribution in [0.2, 0.25) is 0 Å². The van der Waals surface area contributed by atoms with Gasteiger partial charge in [-0.3, -0.25) is 9.36 Å². The number of carbonyl (C=O) groups is 1. The first-order valence-corrected chi connectivity index (χ1v) is 8.29. The molecule has 1 heterocycles. The van der Waals surface area contributed by atoms with Gasteiger partial charge >= 0.3 is 0 Å². The SMILES string of the molecule is C=CCn1c(SCC(=O)/C(C#N)=C(\C)N)nnc1-c1ccc(F)cc1.